The molecule has 1 aromatic heterocycles. The van der Waals surface area contributed by atoms with Gasteiger partial charge in [-0.3, -0.25) is 9.59 Å². The fraction of sp³-hybridized carbons (Fsp3) is 0.227. The number of thioether (sulfide) groups is 1. The highest BCUT2D eigenvalue weighted by molar-refractivity contribution is 7.99. The first-order valence-corrected chi connectivity index (χ1v) is 11.3. The van der Waals surface area contributed by atoms with Crippen molar-refractivity contribution in [1.29, 1.82) is 0 Å². The lowest BCUT2D eigenvalue weighted by Gasteiger charge is -2.24. The van der Waals surface area contributed by atoms with Gasteiger partial charge in [0, 0.05) is 27.9 Å². The molecule has 1 aliphatic rings. The molecule has 1 aliphatic heterocycles. The average Bonchev–Trinajstić information content (AvgIpc) is 2.72. The van der Waals surface area contributed by atoms with Crippen LogP contribution in [0.15, 0.2) is 74.3 Å². The largest absolute Gasteiger partial charge is 0.310 e. The zero-order valence-corrected chi connectivity index (χ0v) is 17.6. The molecule has 5 nitrogen and oxygen atoms in total. The molecule has 2 aromatic carbocycles. The van der Waals surface area contributed by atoms with Gasteiger partial charge in [-0.15, -0.1) is 0 Å². The maximum absolute atomic E-state index is 12.8. The maximum Gasteiger partial charge on any atom is 0.257 e. The first-order chi connectivity index (χ1) is 14.1. The molecule has 0 spiro atoms. The second kappa shape index (κ2) is 8.88. The van der Waals surface area contributed by atoms with Crippen molar-refractivity contribution < 1.29 is 4.79 Å². The highest BCUT2D eigenvalue weighted by atomic mass is 32.2. The molecule has 0 saturated heterocycles. The summed E-state index contributed by atoms with van der Waals surface area (Å²) in [7, 11) is 0. The zero-order chi connectivity index (χ0) is 20.2. The normalized spacial score (nSPS) is 15.6. The number of nitrogens with one attached hydrogen (secondary N) is 2. The van der Waals surface area contributed by atoms with Crippen molar-refractivity contribution in [2.75, 3.05) is 11.1 Å². The Kier molecular flexibility index (Phi) is 6.06. The monoisotopic (exact) mass is 423 g/mol. The van der Waals surface area contributed by atoms with Crippen LogP contribution >= 0.6 is 23.5 Å². The molecular weight excluding hydrogens is 402 g/mol. The molecule has 0 aliphatic carbocycles. The highest BCUT2D eigenvalue weighted by Gasteiger charge is 2.30. The summed E-state index contributed by atoms with van der Waals surface area (Å²) in [4.78, 5) is 34.7. The summed E-state index contributed by atoms with van der Waals surface area (Å²) in [5.74, 6) is 0.835. The van der Waals surface area contributed by atoms with Crippen LogP contribution in [0.4, 0.5) is 5.82 Å². The summed E-state index contributed by atoms with van der Waals surface area (Å²) in [5, 5.41) is 3.32. The molecule has 0 saturated carbocycles. The van der Waals surface area contributed by atoms with Crippen LogP contribution in [0.2, 0.25) is 0 Å². The smallest absolute Gasteiger partial charge is 0.257 e. The number of carbonyl (C=O) groups is 1. The highest BCUT2D eigenvalue weighted by Crippen LogP contribution is 2.36. The lowest BCUT2D eigenvalue weighted by Crippen LogP contribution is -2.31. The third kappa shape index (κ3) is 4.57. The number of amides is 1. The van der Waals surface area contributed by atoms with Gasteiger partial charge in [0.2, 0.25) is 5.91 Å². The molecule has 29 heavy (non-hydrogen) atoms. The van der Waals surface area contributed by atoms with E-state index in [-0.39, 0.29) is 23.8 Å². The van der Waals surface area contributed by atoms with E-state index in [1.807, 2.05) is 42.5 Å². The Morgan fingerprint density at radius 2 is 1.76 bits per heavy atom. The summed E-state index contributed by atoms with van der Waals surface area (Å²) in [6.07, 6.45) is 1.22. The molecule has 4 rings (SSSR count). The van der Waals surface area contributed by atoms with Crippen LogP contribution in [-0.2, 0) is 4.79 Å². The first-order valence-electron chi connectivity index (χ1n) is 9.53. The minimum Gasteiger partial charge on any atom is -0.310 e. The Hall–Kier alpha value is -2.51. The lowest BCUT2D eigenvalue weighted by molar-refractivity contribution is -0.116. The van der Waals surface area contributed by atoms with Crippen molar-refractivity contribution in [3.8, 4) is 0 Å². The summed E-state index contributed by atoms with van der Waals surface area (Å²) in [6.45, 7) is 2.07. The number of carbonyl (C=O) groups excluding carboxylic acids is 1. The topological polar surface area (TPSA) is 74.8 Å². The minimum absolute atomic E-state index is 0.116. The molecule has 0 bridgehead atoms. The number of fused-ring (bicyclic) bond motifs is 1. The lowest BCUT2D eigenvalue weighted by atomic mass is 9.87. The molecule has 1 atom stereocenters. The van der Waals surface area contributed by atoms with Gasteiger partial charge in [0.05, 0.1) is 5.56 Å². The summed E-state index contributed by atoms with van der Waals surface area (Å²) < 4.78 is 0. The Labute approximate surface area is 177 Å². The van der Waals surface area contributed by atoms with Gasteiger partial charge in [0.25, 0.3) is 5.56 Å². The van der Waals surface area contributed by atoms with Gasteiger partial charge in [0.1, 0.15) is 5.82 Å². The van der Waals surface area contributed by atoms with Crippen molar-refractivity contribution in [2.24, 2.45) is 0 Å². The van der Waals surface area contributed by atoms with E-state index >= 15 is 0 Å². The maximum atomic E-state index is 12.8. The number of benzene rings is 2. The van der Waals surface area contributed by atoms with Gasteiger partial charge in [-0.05, 0) is 36.2 Å². The molecule has 1 unspecified atom stereocenters. The number of aromatic nitrogens is 2. The predicted molar refractivity (Wildman–Crippen MR) is 118 cm³/mol. The van der Waals surface area contributed by atoms with Crippen LogP contribution in [-0.4, -0.2) is 21.6 Å². The molecular formula is C22H21N3O2S2. The van der Waals surface area contributed by atoms with Crippen LogP contribution < -0.4 is 10.9 Å². The van der Waals surface area contributed by atoms with E-state index in [0.717, 1.165) is 22.6 Å². The average molecular weight is 424 g/mol. The van der Waals surface area contributed by atoms with Crippen LogP contribution in [0, 0.1) is 0 Å². The number of hydrogen-bond donors (Lipinski definition) is 2. The fourth-order valence-electron chi connectivity index (χ4n) is 3.30. The van der Waals surface area contributed by atoms with Crippen molar-refractivity contribution in [2.45, 2.75) is 40.6 Å². The van der Waals surface area contributed by atoms with Gasteiger partial charge < -0.3 is 10.3 Å². The third-order valence-corrected chi connectivity index (χ3v) is 6.73. The summed E-state index contributed by atoms with van der Waals surface area (Å²) in [6, 6.07) is 18.2. The second-order valence-electron chi connectivity index (χ2n) is 6.77. The number of aromatic amines is 1. The first kappa shape index (κ1) is 19.8. The Morgan fingerprint density at radius 3 is 2.48 bits per heavy atom. The summed E-state index contributed by atoms with van der Waals surface area (Å²) in [5.41, 5.74) is 1.30. The minimum atomic E-state index is -0.295. The van der Waals surface area contributed by atoms with E-state index in [9.17, 15) is 9.59 Å². The SMILES string of the molecule is CCCSc1nc2c(c(=O)[nH]1)C(c1ccc(Sc3ccccc3)cc1)CC(=O)N2. The quantitative estimate of drug-likeness (QED) is 0.436. The van der Waals surface area contributed by atoms with Crippen molar-refractivity contribution in [1.82, 2.24) is 9.97 Å². The van der Waals surface area contributed by atoms with E-state index in [1.165, 1.54) is 16.7 Å². The molecule has 7 heteroatoms. The van der Waals surface area contributed by atoms with Crippen molar-refractivity contribution >= 4 is 35.2 Å². The molecule has 2 heterocycles. The van der Waals surface area contributed by atoms with E-state index in [4.69, 9.17) is 0 Å². The van der Waals surface area contributed by atoms with Crippen molar-refractivity contribution in [3.05, 3.63) is 76.1 Å². The fourth-order valence-corrected chi connectivity index (χ4v) is 4.85. The van der Waals surface area contributed by atoms with Crippen LogP contribution in [0.5, 0.6) is 0 Å². The Balaban J connectivity index is 1.62. The number of anilines is 1. The van der Waals surface area contributed by atoms with Gasteiger partial charge in [0.15, 0.2) is 5.16 Å². The van der Waals surface area contributed by atoms with E-state index < -0.39 is 0 Å². The molecule has 0 radical (unpaired) electrons. The van der Waals surface area contributed by atoms with Gasteiger partial charge in [-0.1, -0.05) is 60.8 Å². The van der Waals surface area contributed by atoms with E-state index in [2.05, 4.69) is 34.3 Å². The predicted octanol–water partition coefficient (Wildman–Crippen LogP) is 4.90. The summed E-state index contributed by atoms with van der Waals surface area (Å²) >= 11 is 3.17. The molecule has 148 valence electrons. The number of hydrogen-bond acceptors (Lipinski definition) is 5. The van der Waals surface area contributed by atoms with Gasteiger partial charge >= 0.3 is 0 Å². The van der Waals surface area contributed by atoms with Gasteiger partial charge in [-0.2, -0.15) is 0 Å². The van der Waals surface area contributed by atoms with E-state index in [1.54, 1.807) is 11.8 Å². The van der Waals surface area contributed by atoms with E-state index in [0.29, 0.717) is 16.5 Å². The third-order valence-electron chi connectivity index (χ3n) is 4.63. The number of nitrogens with zero attached hydrogens (tertiary/aromatic N) is 1. The van der Waals surface area contributed by atoms with Crippen LogP contribution in [0.3, 0.4) is 0 Å². The Bertz CT molecular complexity index is 1070. The number of rotatable bonds is 6. The molecule has 2 N–H and O–H groups in total. The van der Waals surface area contributed by atoms with Gasteiger partial charge in [-0.25, -0.2) is 4.98 Å². The molecule has 3 aromatic rings. The standard InChI is InChI=1S/C22H21N3O2S2/c1-2-12-28-22-24-20-19(21(27)25-22)17(13-18(26)23-20)14-8-10-16(11-9-14)29-15-6-4-3-5-7-15/h3-11,17H,2,12-13H2,1H3,(H2,23,24,25,26,27). The van der Waals surface area contributed by atoms with Crippen LogP contribution in [0.1, 0.15) is 36.8 Å². The zero-order valence-electron chi connectivity index (χ0n) is 16.0. The second-order valence-corrected chi connectivity index (χ2v) is 9.00. The van der Waals surface area contributed by atoms with Crippen molar-refractivity contribution in [3.63, 3.8) is 0 Å². The molecule has 0 fully saturated rings. The van der Waals surface area contributed by atoms with Crippen LogP contribution in [0.25, 0.3) is 0 Å². The Morgan fingerprint density at radius 1 is 1.03 bits per heavy atom. The number of H-pyrrole nitrogens is 1. The molecule has 1 amide bonds.